The van der Waals surface area contributed by atoms with Crippen LogP contribution in [0, 0.1) is 11.7 Å². The normalized spacial score (nSPS) is 17.6. The highest BCUT2D eigenvalue weighted by Crippen LogP contribution is 2.34. The summed E-state index contributed by atoms with van der Waals surface area (Å²) in [6.45, 7) is -2.81. The van der Waals surface area contributed by atoms with E-state index in [2.05, 4.69) is 25.1 Å². The Morgan fingerprint density at radius 1 is 1.12 bits per heavy atom. The summed E-state index contributed by atoms with van der Waals surface area (Å²) < 4.78 is 85.6. The van der Waals surface area contributed by atoms with Crippen molar-refractivity contribution in [1.29, 1.82) is 0 Å². The van der Waals surface area contributed by atoms with Crippen molar-refractivity contribution in [1.82, 2.24) is 24.7 Å². The third-order valence-electron chi connectivity index (χ3n) is 6.90. The Balaban J connectivity index is 1.34. The molecule has 3 aromatic heterocycles. The second-order valence-corrected chi connectivity index (χ2v) is 9.67. The molecule has 41 heavy (non-hydrogen) atoms. The molecule has 0 spiro atoms. The fourth-order valence-electron chi connectivity index (χ4n) is 5.12. The van der Waals surface area contributed by atoms with Gasteiger partial charge in [0.2, 0.25) is 0 Å². The van der Waals surface area contributed by atoms with Gasteiger partial charge in [0.1, 0.15) is 11.4 Å². The van der Waals surface area contributed by atoms with Crippen molar-refractivity contribution in [3.8, 4) is 17.1 Å². The van der Waals surface area contributed by atoms with Gasteiger partial charge in [-0.15, -0.1) is 0 Å². The maximum absolute atomic E-state index is 15.0. The highest BCUT2D eigenvalue weighted by Gasteiger charge is 2.38. The van der Waals surface area contributed by atoms with Gasteiger partial charge in [-0.2, -0.15) is 27.1 Å². The zero-order chi connectivity index (χ0) is 29.3. The minimum Gasteiger partial charge on any atom is -0.432 e. The number of hydrogen-bond donors (Lipinski definition) is 2. The predicted octanol–water partition coefficient (Wildman–Crippen LogP) is 4.97. The third-order valence-corrected chi connectivity index (χ3v) is 6.90. The lowest BCUT2D eigenvalue weighted by Crippen LogP contribution is -2.33. The fraction of sp³-hybridized carbons (Fsp3) is 0.346. The van der Waals surface area contributed by atoms with Crippen molar-refractivity contribution >= 4 is 16.5 Å². The summed E-state index contributed by atoms with van der Waals surface area (Å²) in [6.07, 6.45) is 1.99. The van der Waals surface area contributed by atoms with Gasteiger partial charge >= 0.3 is 12.8 Å². The number of pyridine rings is 1. The van der Waals surface area contributed by atoms with Gasteiger partial charge in [-0.3, -0.25) is 9.59 Å². The molecular weight excluding hydrogens is 558 g/mol. The van der Waals surface area contributed by atoms with Gasteiger partial charge in [-0.05, 0) is 48.8 Å². The smallest absolute Gasteiger partial charge is 0.423 e. The third kappa shape index (κ3) is 6.18. The van der Waals surface area contributed by atoms with Crippen LogP contribution in [-0.4, -0.2) is 37.4 Å². The van der Waals surface area contributed by atoms with E-state index in [0.29, 0.717) is 24.6 Å². The molecule has 2 atom stereocenters. The molecule has 5 rings (SSSR count). The van der Waals surface area contributed by atoms with Crippen LogP contribution in [0.15, 0.2) is 52.6 Å². The second-order valence-electron chi connectivity index (χ2n) is 9.67. The molecule has 2 N–H and O–H groups in total. The SMILES string of the molecule is O=c1[nH]ncc(N[C@H]2CCC[C@@H](Cn3ccc4cc(-c5ncc(OC(F)F)cn5)c(F)cc4c3=O)C2)c1C(F)(F)F. The first-order valence-electron chi connectivity index (χ1n) is 12.5. The minimum absolute atomic E-state index is 0.0353. The molecule has 216 valence electrons. The van der Waals surface area contributed by atoms with Crippen LogP contribution in [0.1, 0.15) is 31.2 Å². The minimum atomic E-state index is -4.86. The van der Waals surface area contributed by atoms with Crippen molar-refractivity contribution in [3.63, 3.8) is 0 Å². The van der Waals surface area contributed by atoms with E-state index < -0.39 is 41.0 Å². The molecule has 15 heteroatoms. The van der Waals surface area contributed by atoms with E-state index >= 15 is 0 Å². The second kappa shape index (κ2) is 11.2. The Hall–Kier alpha value is -4.43. The van der Waals surface area contributed by atoms with Gasteiger partial charge in [-0.1, -0.05) is 6.42 Å². The summed E-state index contributed by atoms with van der Waals surface area (Å²) in [5.41, 5.74) is -3.57. The van der Waals surface area contributed by atoms with E-state index in [0.717, 1.165) is 31.1 Å². The van der Waals surface area contributed by atoms with Crippen LogP contribution in [0.4, 0.5) is 32.0 Å². The fourth-order valence-corrected chi connectivity index (χ4v) is 5.12. The van der Waals surface area contributed by atoms with Gasteiger partial charge in [0, 0.05) is 18.8 Å². The first-order chi connectivity index (χ1) is 19.5. The molecule has 1 saturated carbocycles. The number of aromatic amines is 1. The van der Waals surface area contributed by atoms with Crippen molar-refractivity contribution in [2.75, 3.05) is 5.32 Å². The van der Waals surface area contributed by atoms with Crippen molar-refractivity contribution < 1.29 is 31.1 Å². The monoisotopic (exact) mass is 580 g/mol. The Labute approximate surface area is 227 Å². The molecule has 0 radical (unpaired) electrons. The number of aromatic nitrogens is 5. The molecule has 1 aliphatic carbocycles. The molecule has 0 aliphatic heterocycles. The average Bonchev–Trinajstić information content (AvgIpc) is 2.90. The van der Waals surface area contributed by atoms with Gasteiger partial charge in [0.25, 0.3) is 11.1 Å². The zero-order valence-corrected chi connectivity index (χ0v) is 21.1. The molecular formula is C26H22F6N6O3. The summed E-state index contributed by atoms with van der Waals surface area (Å²) in [5, 5.41) is 8.59. The maximum Gasteiger partial charge on any atom is 0.423 e. The molecule has 9 nitrogen and oxygen atoms in total. The largest absolute Gasteiger partial charge is 0.432 e. The molecule has 0 saturated heterocycles. The predicted molar refractivity (Wildman–Crippen MR) is 135 cm³/mol. The molecule has 0 unspecified atom stereocenters. The van der Waals surface area contributed by atoms with Crippen molar-refractivity contribution in [3.05, 3.63) is 75.1 Å². The first kappa shape index (κ1) is 28.1. The summed E-state index contributed by atoms with van der Waals surface area (Å²) in [7, 11) is 0. The number of alkyl halides is 5. The van der Waals surface area contributed by atoms with Crippen LogP contribution in [0.3, 0.4) is 0 Å². The number of nitrogens with one attached hydrogen (secondary N) is 2. The highest BCUT2D eigenvalue weighted by molar-refractivity contribution is 5.86. The maximum atomic E-state index is 15.0. The van der Waals surface area contributed by atoms with Crippen molar-refractivity contribution in [2.45, 2.75) is 51.1 Å². The number of benzene rings is 1. The number of nitrogens with zero attached hydrogens (tertiary/aromatic N) is 4. The highest BCUT2D eigenvalue weighted by atomic mass is 19.4. The van der Waals surface area contributed by atoms with E-state index in [1.54, 1.807) is 17.4 Å². The van der Waals surface area contributed by atoms with Crippen LogP contribution < -0.4 is 21.2 Å². The Morgan fingerprint density at radius 3 is 2.59 bits per heavy atom. The van der Waals surface area contributed by atoms with Gasteiger partial charge in [0.15, 0.2) is 11.6 Å². The summed E-state index contributed by atoms with van der Waals surface area (Å²) >= 11 is 0. The van der Waals surface area contributed by atoms with E-state index in [-0.39, 0.29) is 41.0 Å². The molecule has 4 aromatic rings. The molecule has 3 heterocycles. The molecule has 0 bridgehead atoms. The van der Waals surface area contributed by atoms with Crippen LogP contribution in [0.5, 0.6) is 5.75 Å². The molecule has 1 aromatic carbocycles. The lowest BCUT2D eigenvalue weighted by Gasteiger charge is -2.31. The summed E-state index contributed by atoms with van der Waals surface area (Å²) in [6, 6.07) is 3.67. The Kier molecular flexibility index (Phi) is 7.69. The number of hydrogen-bond acceptors (Lipinski definition) is 7. The Morgan fingerprint density at radius 2 is 1.88 bits per heavy atom. The van der Waals surface area contributed by atoms with Crippen LogP contribution in [0.25, 0.3) is 22.2 Å². The number of anilines is 1. The van der Waals surface area contributed by atoms with E-state index in [9.17, 15) is 35.9 Å². The van der Waals surface area contributed by atoms with E-state index in [1.165, 1.54) is 10.6 Å². The van der Waals surface area contributed by atoms with Crippen LogP contribution in [0.2, 0.25) is 0 Å². The summed E-state index contributed by atoms with van der Waals surface area (Å²) in [5.74, 6) is -1.24. The Bertz CT molecular complexity index is 1670. The number of halogens is 6. The molecule has 1 fully saturated rings. The number of fused-ring (bicyclic) bond motifs is 1. The van der Waals surface area contributed by atoms with Gasteiger partial charge in [-0.25, -0.2) is 19.5 Å². The van der Waals surface area contributed by atoms with Crippen LogP contribution in [-0.2, 0) is 12.7 Å². The zero-order valence-electron chi connectivity index (χ0n) is 21.1. The standard InChI is InChI=1S/C26H22F6N6O3/c27-19-8-17-14(7-18(19)22-33-9-16(10-34-22)41-25(28)29)4-5-38(24(17)40)12-13-2-1-3-15(6-13)36-20-11-35-37-23(39)21(20)26(30,31)32/h4-5,7-11,13,15,25H,1-3,6,12H2,(H2,36,37,39)/t13-,15+/m1/s1. The lowest BCUT2D eigenvalue weighted by molar-refractivity contribution is -0.138. The van der Waals surface area contributed by atoms with Crippen LogP contribution >= 0.6 is 0 Å². The first-order valence-corrected chi connectivity index (χ1v) is 12.5. The van der Waals surface area contributed by atoms with Crippen molar-refractivity contribution in [2.24, 2.45) is 5.92 Å². The van der Waals surface area contributed by atoms with E-state index in [4.69, 9.17) is 0 Å². The van der Waals surface area contributed by atoms with Gasteiger partial charge < -0.3 is 14.6 Å². The summed E-state index contributed by atoms with van der Waals surface area (Å²) in [4.78, 5) is 32.7. The van der Waals surface area contributed by atoms with Gasteiger partial charge in [0.05, 0.1) is 35.2 Å². The average molecular weight is 580 g/mol. The number of H-pyrrole nitrogens is 1. The lowest BCUT2D eigenvalue weighted by atomic mass is 9.85. The quantitative estimate of drug-likeness (QED) is 0.297. The topological polar surface area (TPSA) is 115 Å². The number of ether oxygens (including phenoxy) is 1. The number of rotatable bonds is 7. The molecule has 1 aliphatic rings. The molecule has 0 amide bonds. The van der Waals surface area contributed by atoms with E-state index in [1.807, 2.05) is 0 Å².